The number of aromatic nitrogens is 2. The first kappa shape index (κ1) is 19.8. The second kappa shape index (κ2) is 8.72. The van der Waals surface area contributed by atoms with Gasteiger partial charge in [0, 0.05) is 18.8 Å². The Labute approximate surface area is 153 Å². The van der Waals surface area contributed by atoms with Crippen LogP contribution in [0.3, 0.4) is 0 Å². The first-order valence-electron chi connectivity index (χ1n) is 7.90. The molecular weight excluding hydrogens is 359 g/mol. The van der Waals surface area contributed by atoms with Crippen molar-refractivity contribution < 1.29 is 13.2 Å². The molecule has 0 amide bonds. The number of anilines is 4. The Kier molecular flexibility index (Phi) is 6.39. The summed E-state index contributed by atoms with van der Waals surface area (Å²) in [5.74, 6) is 0.447. The van der Waals surface area contributed by atoms with E-state index in [4.69, 9.17) is 16.3 Å². The Bertz CT molecular complexity index is 850. The van der Waals surface area contributed by atoms with Crippen molar-refractivity contribution in [3.05, 3.63) is 36.2 Å². The lowest BCUT2D eigenvalue weighted by atomic mass is 10.2. The standard InChI is InChI=1S/C17H16F3N7/c18-17(19,20)12-4-1-5-13(10-12)26-15-14(23)16(25-11-24-15)27(8-2-6-21)9-3-7-22/h1,4-5,10-11H,2-3,8-9,23H2,(H,24,25,26). The van der Waals surface area contributed by atoms with E-state index in [9.17, 15) is 13.2 Å². The highest BCUT2D eigenvalue weighted by molar-refractivity contribution is 5.78. The number of benzene rings is 1. The Hall–Kier alpha value is -3.53. The lowest BCUT2D eigenvalue weighted by Crippen LogP contribution is -2.27. The fourth-order valence-corrected chi connectivity index (χ4v) is 2.34. The summed E-state index contributed by atoms with van der Waals surface area (Å²) in [5.41, 5.74) is 5.57. The highest BCUT2D eigenvalue weighted by Crippen LogP contribution is 2.33. The van der Waals surface area contributed by atoms with Crippen molar-refractivity contribution in [1.82, 2.24) is 9.97 Å². The molecule has 1 heterocycles. The monoisotopic (exact) mass is 375 g/mol. The maximum Gasteiger partial charge on any atom is 0.416 e. The van der Waals surface area contributed by atoms with Gasteiger partial charge in [-0.3, -0.25) is 0 Å². The Balaban J connectivity index is 2.31. The number of alkyl halides is 3. The van der Waals surface area contributed by atoms with Crippen molar-refractivity contribution >= 4 is 23.0 Å². The van der Waals surface area contributed by atoms with Gasteiger partial charge in [-0.05, 0) is 18.2 Å². The summed E-state index contributed by atoms with van der Waals surface area (Å²) in [6.45, 7) is 0.616. The minimum Gasteiger partial charge on any atom is -0.393 e. The lowest BCUT2D eigenvalue weighted by Gasteiger charge is -2.23. The van der Waals surface area contributed by atoms with Crippen LogP contribution in [0.5, 0.6) is 0 Å². The van der Waals surface area contributed by atoms with Crippen molar-refractivity contribution in [2.45, 2.75) is 19.0 Å². The fourth-order valence-electron chi connectivity index (χ4n) is 2.34. The molecule has 2 rings (SSSR count). The molecule has 0 spiro atoms. The maximum absolute atomic E-state index is 12.9. The van der Waals surface area contributed by atoms with E-state index in [0.29, 0.717) is 18.9 Å². The number of hydrogen-bond acceptors (Lipinski definition) is 7. The molecular formula is C17H16F3N7. The molecule has 0 aliphatic heterocycles. The third kappa shape index (κ3) is 5.22. The van der Waals surface area contributed by atoms with Crippen molar-refractivity contribution in [3.63, 3.8) is 0 Å². The first-order valence-corrected chi connectivity index (χ1v) is 7.90. The van der Waals surface area contributed by atoms with Gasteiger partial charge in [0.2, 0.25) is 0 Å². The van der Waals surface area contributed by atoms with Crippen LogP contribution in [-0.2, 0) is 6.18 Å². The van der Waals surface area contributed by atoms with Crippen LogP contribution in [0.2, 0.25) is 0 Å². The smallest absolute Gasteiger partial charge is 0.393 e. The summed E-state index contributed by atoms with van der Waals surface area (Å²) in [4.78, 5) is 9.75. The van der Waals surface area contributed by atoms with Crippen molar-refractivity contribution in [2.75, 3.05) is 29.0 Å². The Morgan fingerprint density at radius 2 is 1.78 bits per heavy atom. The van der Waals surface area contributed by atoms with Gasteiger partial charge in [0.15, 0.2) is 11.6 Å². The summed E-state index contributed by atoms with van der Waals surface area (Å²) >= 11 is 0. The van der Waals surface area contributed by atoms with Crippen LogP contribution >= 0.6 is 0 Å². The number of nitrogens with one attached hydrogen (secondary N) is 1. The number of nitriles is 2. The third-order valence-corrected chi connectivity index (χ3v) is 3.60. The highest BCUT2D eigenvalue weighted by Gasteiger charge is 2.30. The molecule has 0 unspecified atom stereocenters. The molecule has 1 aromatic carbocycles. The molecule has 0 aliphatic carbocycles. The summed E-state index contributed by atoms with van der Waals surface area (Å²) < 4.78 is 38.6. The molecule has 3 N–H and O–H groups in total. The van der Waals surface area contributed by atoms with Crippen molar-refractivity contribution in [1.29, 1.82) is 10.5 Å². The van der Waals surface area contributed by atoms with E-state index in [0.717, 1.165) is 12.1 Å². The number of nitrogens with two attached hydrogens (primary N) is 1. The van der Waals surface area contributed by atoms with Gasteiger partial charge in [0.1, 0.15) is 12.0 Å². The molecule has 0 fully saturated rings. The lowest BCUT2D eigenvalue weighted by molar-refractivity contribution is -0.137. The molecule has 10 heteroatoms. The van der Waals surface area contributed by atoms with E-state index in [2.05, 4.69) is 15.3 Å². The molecule has 0 saturated heterocycles. The van der Waals surface area contributed by atoms with E-state index in [-0.39, 0.29) is 30.0 Å². The van der Waals surface area contributed by atoms with E-state index in [1.54, 1.807) is 4.90 Å². The molecule has 0 saturated carbocycles. The molecule has 1 aromatic heterocycles. The predicted octanol–water partition coefficient (Wildman–Crippen LogP) is 3.45. The normalized spacial score (nSPS) is 10.7. The average molecular weight is 375 g/mol. The van der Waals surface area contributed by atoms with Crippen molar-refractivity contribution in [3.8, 4) is 12.1 Å². The second-order valence-corrected chi connectivity index (χ2v) is 5.47. The van der Waals surface area contributed by atoms with Gasteiger partial charge in [0.05, 0.1) is 30.5 Å². The number of halogens is 3. The van der Waals surface area contributed by atoms with Gasteiger partial charge in [-0.2, -0.15) is 23.7 Å². The van der Waals surface area contributed by atoms with Crippen LogP contribution in [0.4, 0.5) is 36.2 Å². The van der Waals surface area contributed by atoms with Crippen LogP contribution in [0.25, 0.3) is 0 Å². The number of nitrogen functional groups attached to an aromatic ring is 1. The number of rotatable bonds is 7. The highest BCUT2D eigenvalue weighted by atomic mass is 19.4. The largest absolute Gasteiger partial charge is 0.416 e. The van der Waals surface area contributed by atoms with Crippen molar-refractivity contribution in [2.24, 2.45) is 0 Å². The summed E-state index contributed by atoms with van der Waals surface area (Å²) in [6, 6.07) is 8.66. The molecule has 0 atom stereocenters. The number of hydrogen-bond donors (Lipinski definition) is 2. The predicted molar refractivity (Wildman–Crippen MR) is 93.8 cm³/mol. The number of nitrogens with zero attached hydrogens (tertiary/aromatic N) is 5. The van der Waals surface area contributed by atoms with Crippen LogP contribution in [0, 0.1) is 22.7 Å². The van der Waals surface area contributed by atoms with Gasteiger partial charge in [-0.15, -0.1) is 0 Å². The Morgan fingerprint density at radius 3 is 2.37 bits per heavy atom. The first-order chi connectivity index (χ1) is 12.9. The van der Waals surface area contributed by atoms with Gasteiger partial charge >= 0.3 is 6.18 Å². The minimum atomic E-state index is -4.47. The van der Waals surface area contributed by atoms with Gasteiger partial charge in [-0.1, -0.05) is 6.07 Å². The molecule has 140 valence electrons. The van der Waals surface area contributed by atoms with E-state index in [1.807, 2.05) is 12.1 Å². The molecule has 0 radical (unpaired) electrons. The topological polar surface area (TPSA) is 115 Å². The van der Waals surface area contributed by atoms with E-state index >= 15 is 0 Å². The van der Waals surface area contributed by atoms with E-state index < -0.39 is 11.7 Å². The molecule has 0 aliphatic rings. The molecule has 0 bridgehead atoms. The Morgan fingerprint density at radius 1 is 1.11 bits per heavy atom. The van der Waals surface area contributed by atoms with E-state index in [1.165, 1.54) is 18.5 Å². The summed E-state index contributed by atoms with van der Waals surface area (Å²) in [6.07, 6.45) is -2.85. The zero-order valence-corrected chi connectivity index (χ0v) is 14.2. The second-order valence-electron chi connectivity index (χ2n) is 5.47. The molecule has 2 aromatic rings. The molecule has 27 heavy (non-hydrogen) atoms. The summed E-state index contributed by atoms with van der Waals surface area (Å²) in [7, 11) is 0. The van der Waals surface area contributed by atoms with Crippen LogP contribution in [0.15, 0.2) is 30.6 Å². The van der Waals surface area contributed by atoms with Gasteiger partial charge < -0.3 is 16.0 Å². The summed E-state index contributed by atoms with van der Waals surface area (Å²) in [5, 5.41) is 20.3. The van der Waals surface area contributed by atoms with Gasteiger partial charge in [-0.25, -0.2) is 9.97 Å². The quantitative estimate of drug-likeness (QED) is 0.761. The minimum absolute atomic E-state index is 0.116. The maximum atomic E-state index is 12.9. The fraction of sp³-hybridized carbons (Fsp3) is 0.294. The van der Waals surface area contributed by atoms with Crippen LogP contribution < -0.4 is 16.0 Å². The average Bonchev–Trinajstić information content (AvgIpc) is 2.64. The van der Waals surface area contributed by atoms with Gasteiger partial charge in [0.25, 0.3) is 0 Å². The SMILES string of the molecule is N#CCCN(CCC#N)c1ncnc(Nc2cccc(C(F)(F)F)c2)c1N. The zero-order chi connectivity index (χ0) is 19.9. The van der Waals surface area contributed by atoms with Crippen LogP contribution in [-0.4, -0.2) is 23.1 Å². The zero-order valence-electron chi connectivity index (χ0n) is 14.2. The molecule has 7 nitrogen and oxygen atoms in total. The van der Waals surface area contributed by atoms with Crippen LogP contribution in [0.1, 0.15) is 18.4 Å². The third-order valence-electron chi connectivity index (χ3n) is 3.60.